The first-order valence-corrected chi connectivity index (χ1v) is 7.30. The third kappa shape index (κ3) is 3.72. The lowest BCUT2D eigenvalue weighted by atomic mass is 10.2. The summed E-state index contributed by atoms with van der Waals surface area (Å²) in [5.41, 5.74) is 0.962. The van der Waals surface area contributed by atoms with Crippen molar-refractivity contribution < 1.29 is 14.6 Å². The molecule has 1 saturated heterocycles. The van der Waals surface area contributed by atoms with Crippen molar-refractivity contribution in [3.8, 4) is 0 Å². The molecule has 0 aliphatic carbocycles. The summed E-state index contributed by atoms with van der Waals surface area (Å²) in [5.74, 6) is 0.358. The van der Waals surface area contributed by atoms with E-state index in [4.69, 9.17) is 9.84 Å². The van der Waals surface area contributed by atoms with Gasteiger partial charge in [-0.2, -0.15) is 0 Å². The van der Waals surface area contributed by atoms with Gasteiger partial charge in [-0.05, 0) is 6.07 Å². The molecule has 0 aromatic carbocycles. The highest BCUT2D eigenvalue weighted by Crippen LogP contribution is 2.19. The lowest BCUT2D eigenvalue weighted by Gasteiger charge is -2.29. The zero-order valence-electron chi connectivity index (χ0n) is 12.5. The molecule has 8 nitrogen and oxygen atoms in total. The molecular weight excluding hydrogens is 298 g/mol. The number of rotatable bonds is 5. The maximum atomic E-state index is 10.8. The number of pyridine rings is 1. The Balaban J connectivity index is 1.69. The van der Waals surface area contributed by atoms with Crippen molar-refractivity contribution in [1.29, 1.82) is 0 Å². The molecule has 0 radical (unpaired) electrons. The summed E-state index contributed by atoms with van der Waals surface area (Å²) in [7, 11) is 0. The van der Waals surface area contributed by atoms with Gasteiger partial charge in [-0.15, -0.1) is 0 Å². The smallest absolute Gasteiger partial charge is 0.356 e. The van der Waals surface area contributed by atoms with Crippen LogP contribution in [-0.2, 0) is 11.3 Å². The van der Waals surface area contributed by atoms with Crippen molar-refractivity contribution in [1.82, 2.24) is 15.0 Å². The van der Waals surface area contributed by atoms with Crippen LogP contribution >= 0.6 is 0 Å². The first-order valence-electron chi connectivity index (χ1n) is 7.30. The molecule has 2 aromatic heterocycles. The maximum absolute atomic E-state index is 10.8. The minimum Gasteiger partial charge on any atom is -0.476 e. The number of nitrogens with one attached hydrogen (secondary N) is 1. The lowest BCUT2D eigenvalue weighted by molar-refractivity contribution is 0.0690. The predicted molar refractivity (Wildman–Crippen MR) is 83.6 cm³/mol. The second-order valence-electron chi connectivity index (χ2n) is 5.03. The first-order chi connectivity index (χ1) is 11.2. The molecule has 2 aromatic rings. The molecule has 0 amide bonds. The first kappa shape index (κ1) is 15.2. The predicted octanol–water partition coefficient (Wildman–Crippen LogP) is 1.02. The van der Waals surface area contributed by atoms with E-state index in [1.54, 1.807) is 6.20 Å². The molecule has 3 rings (SSSR count). The number of hydrogen-bond donors (Lipinski definition) is 2. The van der Waals surface area contributed by atoms with E-state index in [1.807, 2.05) is 12.1 Å². The molecule has 2 N–H and O–H groups in total. The van der Waals surface area contributed by atoms with E-state index in [-0.39, 0.29) is 5.69 Å². The van der Waals surface area contributed by atoms with Crippen molar-refractivity contribution in [2.24, 2.45) is 0 Å². The van der Waals surface area contributed by atoms with Crippen molar-refractivity contribution in [2.45, 2.75) is 6.54 Å². The third-order valence-electron chi connectivity index (χ3n) is 3.51. The molecular formula is C15H17N5O3. The lowest BCUT2D eigenvalue weighted by Crippen LogP contribution is -2.37. The van der Waals surface area contributed by atoms with Crippen LogP contribution < -0.4 is 10.2 Å². The van der Waals surface area contributed by atoms with E-state index in [0.29, 0.717) is 25.6 Å². The van der Waals surface area contributed by atoms with Gasteiger partial charge in [0.2, 0.25) is 0 Å². The molecule has 0 bridgehead atoms. The summed E-state index contributed by atoms with van der Waals surface area (Å²) in [6, 6.07) is 3.89. The normalized spacial score (nSPS) is 14.5. The summed E-state index contributed by atoms with van der Waals surface area (Å²) in [5, 5.41) is 12.0. The van der Waals surface area contributed by atoms with Gasteiger partial charge in [-0.25, -0.2) is 19.7 Å². The Kier molecular flexibility index (Phi) is 4.62. The molecule has 0 unspecified atom stereocenters. The summed E-state index contributed by atoms with van der Waals surface area (Å²) in [6.45, 7) is 3.56. The Bertz CT molecular complexity index is 671. The molecule has 23 heavy (non-hydrogen) atoms. The molecule has 1 fully saturated rings. The molecule has 0 atom stereocenters. The molecule has 0 spiro atoms. The molecule has 120 valence electrons. The number of carboxylic acids is 1. The zero-order valence-corrected chi connectivity index (χ0v) is 12.5. The second-order valence-corrected chi connectivity index (χ2v) is 5.03. The fraction of sp³-hybridized carbons (Fsp3) is 0.333. The van der Waals surface area contributed by atoms with Gasteiger partial charge in [0.25, 0.3) is 0 Å². The van der Waals surface area contributed by atoms with Crippen LogP contribution in [0.15, 0.2) is 30.7 Å². The average Bonchev–Trinajstić information content (AvgIpc) is 2.61. The van der Waals surface area contributed by atoms with Crippen LogP contribution in [0.1, 0.15) is 16.1 Å². The van der Waals surface area contributed by atoms with Crippen LogP contribution in [0, 0.1) is 0 Å². The van der Waals surface area contributed by atoms with Crippen molar-refractivity contribution >= 4 is 17.6 Å². The van der Waals surface area contributed by atoms with E-state index in [0.717, 1.165) is 24.5 Å². The van der Waals surface area contributed by atoms with E-state index in [9.17, 15) is 4.79 Å². The van der Waals surface area contributed by atoms with Gasteiger partial charge < -0.3 is 20.1 Å². The van der Waals surface area contributed by atoms with E-state index < -0.39 is 5.97 Å². The highest BCUT2D eigenvalue weighted by molar-refractivity contribution is 5.84. The average molecular weight is 315 g/mol. The number of morpholine rings is 1. The fourth-order valence-electron chi connectivity index (χ4n) is 2.34. The summed E-state index contributed by atoms with van der Waals surface area (Å²) in [6.07, 6.45) is 4.42. The molecule has 1 aliphatic rings. The Morgan fingerprint density at radius 2 is 2.09 bits per heavy atom. The fourth-order valence-corrected chi connectivity index (χ4v) is 2.34. The Morgan fingerprint density at radius 1 is 1.26 bits per heavy atom. The van der Waals surface area contributed by atoms with Crippen LogP contribution in [0.3, 0.4) is 0 Å². The third-order valence-corrected chi connectivity index (χ3v) is 3.51. The summed E-state index contributed by atoms with van der Waals surface area (Å²) in [4.78, 5) is 25.3. The SMILES string of the molecule is O=C(O)c1cnc(NCc2cccnc2N2CCOCC2)cn1. The number of nitrogens with zero attached hydrogens (tertiary/aromatic N) is 4. The molecule has 1 aliphatic heterocycles. The van der Waals surface area contributed by atoms with Crippen LogP contribution in [0.4, 0.5) is 11.6 Å². The Hall–Kier alpha value is -2.74. The number of hydrogen-bond acceptors (Lipinski definition) is 7. The number of carbonyl (C=O) groups is 1. The van der Waals surface area contributed by atoms with Gasteiger partial charge in [-0.1, -0.05) is 6.07 Å². The van der Waals surface area contributed by atoms with Crippen molar-refractivity contribution in [3.05, 3.63) is 42.0 Å². The maximum Gasteiger partial charge on any atom is 0.356 e. The monoisotopic (exact) mass is 315 g/mol. The minimum absolute atomic E-state index is 0.0778. The largest absolute Gasteiger partial charge is 0.476 e. The second kappa shape index (κ2) is 7.01. The highest BCUT2D eigenvalue weighted by atomic mass is 16.5. The van der Waals surface area contributed by atoms with Crippen LogP contribution in [0.2, 0.25) is 0 Å². The van der Waals surface area contributed by atoms with Crippen molar-refractivity contribution in [2.75, 3.05) is 36.5 Å². The van der Waals surface area contributed by atoms with E-state index in [2.05, 4.69) is 25.2 Å². The van der Waals surface area contributed by atoms with E-state index in [1.165, 1.54) is 12.4 Å². The van der Waals surface area contributed by atoms with Crippen LogP contribution in [0.5, 0.6) is 0 Å². The number of ether oxygens (including phenoxy) is 1. The van der Waals surface area contributed by atoms with Gasteiger partial charge in [-0.3, -0.25) is 0 Å². The van der Waals surface area contributed by atoms with Gasteiger partial charge in [0, 0.05) is 31.4 Å². The number of aromatic carboxylic acids is 1. The Morgan fingerprint density at radius 3 is 2.78 bits per heavy atom. The zero-order chi connectivity index (χ0) is 16.1. The van der Waals surface area contributed by atoms with Gasteiger partial charge in [0.15, 0.2) is 5.69 Å². The van der Waals surface area contributed by atoms with Crippen LogP contribution in [-0.4, -0.2) is 52.3 Å². The van der Waals surface area contributed by atoms with Gasteiger partial charge >= 0.3 is 5.97 Å². The minimum atomic E-state index is -1.09. The van der Waals surface area contributed by atoms with Crippen molar-refractivity contribution in [3.63, 3.8) is 0 Å². The van der Waals surface area contributed by atoms with Crippen LogP contribution in [0.25, 0.3) is 0 Å². The summed E-state index contributed by atoms with van der Waals surface area (Å²) >= 11 is 0. The van der Waals surface area contributed by atoms with Gasteiger partial charge in [0.1, 0.15) is 11.6 Å². The molecule has 8 heteroatoms. The number of aromatic nitrogens is 3. The van der Waals surface area contributed by atoms with E-state index >= 15 is 0 Å². The highest BCUT2D eigenvalue weighted by Gasteiger charge is 2.15. The molecule has 0 saturated carbocycles. The number of carboxylic acid groups (broad SMARTS) is 1. The summed E-state index contributed by atoms with van der Waals surface area (Å²) < 4.78 is 5.37. The standard InChI is InChI=1S/C15H17N5O3/c21-15(22)12-9-19-13(10-17-12)18-8-11-2-1-3-16-14(11)20-4-6-23-7-5-20/h1-3,9-10H,4-8H2,(H,18,19)(H,21,22). The Labute approximate surface area is 133 Å². The number of anilines is 2. The quantitative estimate of drug-likeness (QED) is 0.843. The molecule has 3 heterocycles. The van der Waals surface area contributed by atoms with Gasteiger partial charge in [0.05, 0.1) is 25.6 Å². The topological polar surface area (TPSA) is 100 Å².